The van der Waals surface area contributed by atoms with Crippen molar-refractivity contribution in [3.8, 4) is 0 Å². The van der Waals surface area contributed by atoms with E-state index >= 15 is 0 Å². The summed E-state index contributed by atoms with van der Waals surface area (Å²) in [4.78, 5) is 22.2. The number of carbonyl (C=O) groups excluding carboxylic acids is 2. The van der Waals surface area contributed by atoms with Gasteiger partial charge in [0.1, 0.15) is 5.60 Å². The third-order valence-corrected chi connectivity index (χ3v) is 2.76. The lowest BCUT2D eigenvalue weighted by Gasteiger charge is -2.23. The lowest BCUT2D eigenvalue weighted by atomic mass is 10.1. The first kappa shape index (κ1) is 18.4. The van der Waals surface area contributed by atoms with Crippen molar-refractivity contribution in [3.63, 3.8) is 0 Å². The lowest BCUT2D eigenvalue weighted by molar-refractivity contribution is -0.162. The Morgan fingerprint density at radius 2 is 1.85 bits per heavy atom. The second-order valence-electron chi connectivity index (χ2n) is 4.33. The van der Waals surface area contributed by atoms with Crippen LogP contribution in [0.15, 0.2) is 12.7 Å². The second kappa shape index (κ2) is 6.27. The van der Waals surface area contributed by atoms with Crippen molar-refractivity contribution in [1.29, 1.82) is 0 Å². The van der Waals surface area contributed by atoms with Crippen LogP contribution in [0.1, 0.15) is 20.3 Å². The monoisotopic (exact) mass is 316 g/mol. The minimum Gasteiger partial charge on any atom is -0.458 e. The molecule has 0 aliphatic heterocycles. The largest absolute Gasteiger partial charge is 0.458 e. The Labute approximate surface area is 114 Å². The molecule has 0 aromatic heterocycles. The number of carbonyl (C=O) groups is 2. The van der Waals surface area contributed by atoms with Crippen LogP contribution >= 0.6 is 0 Å². The zero-order valence-corrected chi connectivity index (χ0v) is 11.6. The van der Waals surface area contributed by atoms with Crippen LogP contribution in [0.2, 0.25) is 0 Å². The van der Waals surface area contributed by atoms with Gasteiger partial charge in [-0.05, 0) is 13.8 Å². The number of halogens is 2. The number of esters is 2. The van der Waals surface area contributed by atoms with E-state index < -0.39 is 45.9 Å². The molecule has 0 saturated heterocycles. The van der Waals surface area contributed by atoms with Crippen LogP contribution in [0.5, 0.6) is 0 Å². The number of hydrogen-bond acceptors (Lipinski definition) is 6. The Balaban J connectivity index is 4.52. The van der Waals surface area contributed by atoms with Crippen LogP contribution < -0.4 is 0 Å². The average molecular weight is 316 g/mol. The highest BCUT2D eigenvalue weighted by Crippen LogP contribution is 2.22. The summed E-state index contributed by atoms with van der Waals surface area (Å²) in [6.07, 6.45) is 0.258. The second-order valence-corrected chi connectivity index (χ2v) is 5.88. The van der Waals surface area contributed by atoms with Gasteiger partial charge in [0.15, 0.2) is 6.61 Å². The molecule has 20 heavy (non-hydrogen) atoms. The van der Waals surface area contributed by atoms with Gasteiger partial charge in [-0.1, -0.05) is 6.58 Å². The molecule has 0 saturated carbocycles. The third-order valence-electron chi connectivity index (χ3n) is 1.89. The molecule has 116 valence electrons. The van der Waals surface area contributed by atoms with Gasteiger partial charge >= 0.3 is 27.3 Å². The van der Waals surface area contributed by atoms with E-state index in [0.717, 1.165) is 6.08 Å². The Hall–Kier alpha value is -1.55. The molecule has 0 atom stereocenters. The zero-order valence-electron chi connectivity index (χ0n) is 10.8. The fourth-order valence-electron chi connectivity index (χ4n) is 0.988. The van der Waals surface area contributed by atoms with Gasteiger partial charge in [0.05, 0.1) is 6.42 Å². The molecule has 0 spiro atoms. The molecule has 7 nitrogen and oxygen atoms in total. The van der Waals surface area contributed by atoms with Crippen LogP contribution in [0, 0.1) is 0 Å². The molecule has 0 fully saturated rings. The minimum atomic E-state index is -5.67. The van der Waals surface area contributed by atoms with Gasteiger partial charge in [0.25, 0.3) is 0 Å². The maximum Gasteiger partial charge on any atom is 0.402 e. The summed E-state index contributed by atoms with van der Waals surface area (Å²) in [7, 11) is -5.67. The first-order chi connectivity index (χ1) is 8.81. The van der Waals surface area contributed by atoms with E-state index in [1.54, 1.807) is 0 Å². The van der Waals surface area contributed by atoms with E-state index in [0.29, 0.717) is 0 Å². The summed E-state index contributed by atoms with van der Waals surface area (Å²) in [6, 6.07) is 0. The maximum atomic E-state index is 12.8. The highest BCUT2D eigenvalue weighted by Gasteiger charge is 2.45. The van der Waals surface area contributed by atoms with Crippen LogP contribution in [0.25, 0.3) is 0 Å². The molecular formula is C10H14F2O7S. The standard InChI is InChI=1S/C10H14F2O7S/c1-4-7(13)19-9(2,3)5-8(14)18-6-10(11,12)20(15,16)17/h4H,1,5-6H2,2-3H3,(H,15,16,17). The molecule has 0 amide bonds. The van der Waals surface area contributed by atoms with Gasteiger partial charge in [0.2, 0.25) is 0 Å². The molecular weight excluding hydrogens is 302 g/mol. The normalized spacial score (nSPS) is 12.7. The predicted octanol–water partition coefficient (Wildman–Crippen LogP) is 0.908. The molecule has 0 rings (SSSR count). The number of alkyl halides is 2. The first-order valence-electron chi connectivity index (χ1n) is 5.16. The summed E-state index contributed by atoms with van der Waals surface area (Å²) in [5.74, 6) is -2.05. The van der Waals surface area contributed by atoms with Crippen molar-refractivity contribution in [3.05, 3.63) is 12.7 Å². The van der Waals surface area contributed by atoms with Gasteiger partial charge in [-0.2, -0.15) is 17.2 Å². The SMILES string of the molecule is C=CC(=O)OC(C)(C)CC(=O)OCC(F)(F)S(=O)(=O)O. The molecule has 0 radical (unpaired) electrons. The van der Waals surface area contributed by atoms with E-state index in [1.807, 2.05) is 0 Å². The van der Waals surface area contributed by atoms with E-state index in [4.69, 9.17) is 9.29 Å². The van der Waals surface area contributed by atoms with Crippen LogP contribution in [0.3, 0.4) is 0 Å². The van der Waals surface area contributed by atoms with Crippen LogP contribution in [0.4, 0.5) is 8.78 Å². The number of ether oxygens (including phenoxy) is 2. The van der Waals surface area contributed by atoms with Crippen molar-refractivity contribution in [2.24, 2.45) is 0 Å². The Morgan fingerprint density at radius 3 is 2.25 bits per heavy atom. The Kier molecular flexibility index (Phi) is 5.78. The smallest absolute Gasteiger partial charge is 0.402 e. The lowest BCUT2D eigenvalue weighted by Crippen LogP contribution is -2.36. The van der Waals surface area contributed by atoms with E-state index in [-0.39, 0.29) is 0 Å². The highest BCUT2D eigenvalue weighted by molar-refractivity contribution is 7.86. The molecule has 0 aliphatic rings. The van der Waals surface area contributed by atoms with E-state index in [1.165, 1.54) is 13.8 Å². The van der Waals surface area contributed by atoms with Gasteiger partial charge in [0, 0.05) is 6.08 Å². The summed E-state index contributed by atoms with van der Waals surface area (Å²) in [5.41, 5.74) is -1.35. The van der Waals surface area contributed by atoms with E-state index in [2.05, 4.69) is 11.3 Å². The zero-order chi connectivity index (χ0) is 16.2. The molecule has 0 heterocycles. The Bertz CT molecular complexity index is 496. The van der Waals surface area contributed by atoms with Crippen molar-refractivity contribution in [2.75, 3.05) is 6.61 Å². The van der Waals surface area contributed by atoms with Crippen LogP contribution in [-0.2, 0) is 29.2 Å². The van der Waals surface area contributed by atoms with Crippen molar-refractivity contribution in [1.82, 2.24) is 0 Å². The van der Waals surface area contributed by atoms with Crippen molar-refractivity contribution >= 4 is 22.1 Å². The summed E-state index contributed by atoms with van der Waals surface area (Å²) < 4.78 is 63.1. The van der Waals surface area contributed by atoms with Crippen molar-refractivity contribution in [2.45, 2.75) is 31.1 Å². The molecule has 0 bridgehead atoms. The van der Waals surface area contributed by atoms with Gasteiger partial charge in [-0.25, -0.2) is 4.79 Å². The molecule has 1 N–H and O–H groups in total. The van der Waals surface area contributed by atoms with Crippen LogP contribution in [-0.4, -0.2) is 42.4 Å². The molecule has 0 aliphatic carbocycles. The molecule has 0 aromatic rings. The average Bonchev–Trinajstić information content (AvgIpc) is 2.23. The summed E-state index contributed by atoms with van der Waals surface area (Å²) in [5, 5.41) is -4.61. The minimum absolute atomic E-state index is 0.589. The summed E-state index contributed by atoms with van der Waals surface area (Å²) >= 11 is 0. The quantitative estimate of drug-likeness (QED) is 0.422. The maximum absolute atomic E-state index is 12.8. The fraction of sp³-hybridized carbons (Fsp3) is 0.600. The first-order valence-corrected chi connectivity index (χ1v) is 6.60. The molecule has 10 heteroatoms. The summed E-state index contributed by atoms with van der Waals surface area (Å²) in [6.45, 7) is 3.93. The highest BCUT2D eigenvalue weighted by atomic mass is 32.2. The van der Waals surface area contributed by atoms with E-state index in [9.17, 15) is 26.8 Å². The van der Waals surface area contributed by atoms with Gasteiger partial charge < -0.3 is 9.47 Å². The Morgan fingerprint density at radius 1 is 1.35 bits per heavy atom. The fourth-order valence-corrected chi connectivity index (χ4v) is 1.20. The molecule has 0 unspecified atom stereocenters. The topological polar surface area (TPSA) is 107 Å². The number of rotatable bonds is 7. The van der Waals surface area contributed by atoms with Gasteiger partial charge in [-0.3, -0.25) is 9.35 Å². The predicted molar refractivity (Wildman–Crippen MR) is 62.4 cm³/mol. The number of hydrogen-bond donors (Lipinski definition) is 1. The third kappa shape index (κ3) is 6.06. The van der Waals surface area contributed by atoms with Crippen molar-refractivity contribution < 1.29 is 40.8 Å². The van der Waals surface area contributed by atoms with Gasteiger partial charge in [-0.15, -0.1) is 0 Å². The molecule has 0 aromatic carbocycles.